The zero-order chi connectivity index (χ0) is 17.6. The number of nitrogens with zero attached hydrogens (tertiary/aromatic N) is 1. The molecule has 1 aliphatic heterocycles. The number of nitrogens with one attached hydrogen (secondary N) is 1. The summed E-state index contributed by atoms with van der Waals surface area (Å²) in [6.07, 6.45) is -0.481. The molecule has 0 radical (unpaired) electrons. The number of benzene rings is 2. The van der Waals surface area contributed by atoms with Crippen molar-refractivity contribution in [3.8, 4) is 0 Å². The van der Waals surface area contributed by atoms with Crippen LogP contribution in [0.4, 0.5) is 10.5 Å². The molecule has 0 aliphatic carbocycles. The molecule has 25 heavy (non-hydrogen) atoms. The lowest BCUT2D eigenvalue weighted by atomic mass is 10.2. The van der Waals surface area contributed by atoms with Crippen LogP contribution >= 0.6 is 23.4 Å². The Bertz CT molecular complexity index is 740. The van der Waals surface area contributed by atoms with Gasteiger partial charge in [0.1, 0.15) is 12.6 Å². The molecular weight excluding hydrogens is 360 g/mol. The molecular formula is C18H17ClN2O3S. The van der Waals surface area contributed by atoms with E-state index in [1.54, 1.807) is 24.3 Å². The van der Waals surface area contributed by atoms with Gasteiger partial charge in [-0.2, -0.15) is 0 Å². The van der Waals surface area contributed by atoms with Gasteiger partial charge in [-0.25, -0.2) is 4.79 Å². The Morgan fingerprint density at radius 2 is 1.88 bits per heavy atom. The number of rotatable bonds is 4. The van der Waals surface area contributed by atoms with Crippen LogP contribution < -0.4 is 5.32 Å². The van der Waals surface area contributed by atoms with Crippen molar-refractivity contribution >= 4 is 41.1 Å². The predicted molar refractivity (Wildman–Crippen MR) is 99.7 cm³/mol. The Kier molecular flexibility index (Phi) is 5.83. The average Bonchev–Trinajstić information content (AvgIpc) is 3.12. The number of thioether (sulfide) groups is 1. The second kappa shape index (κ2) is 8.27. The molecule has 1 heterocycles. The molecule has 2 amide bonds. The molecule has 0 spiro atoms. The van der Waals surface area contributed by atoms with Crippen molar-refractivity contribution in [1.82, 2.24) is 4.90 Å². The maximum atomic E-state index is 12.5. The summed E-state index contributed by atoms with van der Waals surface area (Å²) in [4.78, 5) is 26.3. The van der Waals surface area contributed by atoms with Gasteiger partial charge in [-0.3, -0.25) is 9.69 Å². The third-order valence-electron chi connectivity index (χ3n) is 3.74. The van der Waals surface area contributed by atoms with Crippen molar-refractivity contribution in [2.45, 2.75) is 12.6 Å². The van der Waals surface area contributed by atoms with Crippen molar-refractivity contribution in [3.05, 3.63) is 65.2 Å². The van der Waals surface area contributed by atoms with E-state index in [0.29, 0.717) is 22.3 Å². The van der Waals surface area contributed by atoms with E-state index in [2.05, 4.69) is 5.32 Å². The topological polar surface area (TPSA) is 58.6 Å². The number of ether oxygens (including phenoxy) is 1. The van der Waals surface area contributed by atoms with Gasteiger partial charge in [-0.15, -0.1) is 11.8 Å². The summed E-state index contributed by atoms with van der Waals surface area (Å²) >= 11 is 7.36. The van der Waals surface area contributed by atoms with Gasteiger partial charge < -0.3 is 10.1 Å². The quantitative estimate of drug-likeness (QED) is 0.876. The van der Waals surface area contributed by atoms with Crippen LogP contribution in [-0.2, 0) is 16.1 Å². The molecule has 0 saturated carbocycles. The highest BCUT2D eigenvalue weighted by Gasteiger charge is 2.35. The molecule has 1 fully saturated rings. The highest BCUT2D eigenvalue weighted by Crippen LogP contribution is 2.24. The lowest BCUT2D eigenvalue weighted by Gasteiger charge is -2.22. The lowest BCUT2D eigenvalue weighted by molar-refractivity contribution is -0.119. The molecule has 0 unspecified atom stereocenters. The van der Waals surface area contributed by atoms with Gasteiger partial charge in [0.25, 0.3) is 0 Å². The third-order valence-corrected chi connectivity index (χ3v) is 5.00. The summed E-state index contributed by atoms with van der Waals surface area (Å²) in [7, 11) is 0. The molecule has 5 nitrogen and oxygen atoms in total. The zero-order valence-corrected chi connectivity index (χ0v) is 14.9. The summed E-state index contributed by atoms with van der Waals surface area (Å²) in [6.45, 7) is 0.187. The summed E-state index contributed by atoms with van der Waals surface area (Å²) in [6, 6.07) is 15.7. The van der Waals surface area contributed by atoms with Gasteiger partial charge in [0, 0.05) is 16.5 Å². The van der Waals surface area contributed by atoms with Crippen molar-refractivity contribution in [3.63, 3.8) is 0 Å². The van der Waals surface area contributed by atoms with Crippen LogP contribution in [0.5, 0.6) is 0 Å². The molecule has 2 aromatic rings. The van der Waals surface area contributed by atoms with E-state index >= 15 is 0 Å². The van der Waals surface area contributed by atoms with Crippen molar-refractivity contribution < 1.29 is 14.3 Å². The minimum Gasteiger partial charge on any atom is -0.445 e. The molecule has 1 N–H and O–H groups in total. The minimum atomic E-state index is -0.552. The summed E-state index contributed by atoms with van der Waals surface area (Å²) in [5, 5.41) is 3.41. The van der Waals surface area contributed by atoms with Crippen LogP contribution in [0.3, 0.4) is 0 Å². The van der Waals surface area contributed by atoms with Crippen LogP contribution in [0.25, 0.3) is 0 Å². The Hall–Kier alpha value is -2.18. The second-order valence-corrected chi connectivity index (χ2v) is 6.96. The minimum absolute atomic E-state index is 0.187. The molecule has 0 bridgehead atoms. The average molecular weight is 377 g/mol. The Balaban J connectivity index is 1.58. The van der Waals surface area contributed by atoms with E-state index in [9.17, 15) is 9.59 Å². The largest absolute Gasteiger partial charge is 0.445 e. The number of hydrogen-bond acceptors (Lipinski definition) is 4. The first-order chi connectivity index (χ1) is 12.1. The number of carbonyl (C=O) groups excluding carboxylic acids is 2. The number of carbonyl (C=O) groups is 2. The molecule has 0 aromatic heterocycles. The van der Waals surface area contributed by atoms with Crippen LogP contribution in [-0.4, -0.2) is 34.6 Å². The van der Waals surface area contributed by atoms with Gasteiger partial charge in [0.15, 0.2) is 0 Å². The Labute approximate surface area is 155 Å². The Morgan fingerprint density at radius 3 is 2.60 bits per heavy atom. The van der Waals surface area contributed by atoms with Crippen LogP contribution in [0.15, 0.2) is 54.6 Å². The second-order valence-electron chi connectivity index (χ2n) is 5.52. The van der Waals surface area contributed by atoms with Gasteiger partial charge in [0.2, 0.25) is 5.91 Å². The van der Waals surface area contributed by atoms with Crippen molar-refractivity contribution in [1.29, 1.82) is 0 Å². The van der Waals surface area contributed by atoms with Crippen LogP contribution in [0.2, 0.25) is 5.02 Å². The summed E-state index contributed by atoms with van der Waals surface area (Å²) in [5.74, 6) is 0.746. The van der Waals surface area contributed by atoms with E-state index in [1.807, 2.05) is 30.3 Å². The van der Waals surface area contributed by atoms with E-state index in [-0.39, 0.29) is 12.5 Å². The molecule has 1 saturated heterocycles. The first kappa shape index (κ1) is 17.6. The first-order valence-corrected chi connectivity index (χ1v) is 9.28. The number of anilines is 1. The van der Waals surface area contributed by atoms with Crippen molar-refractivity contribution in [2.75, 3.05) is 16.9 Å². The Morgan fingerprint density at radius 1 is 1.16 bits per heavy atom. The van der Waals surface area contributed by atoms with Gasteiger partial charge >= 0.3 is 6.09 Å². The fourth-order valence-electron chi connectivity index (χ4n) is 2.40. The van der Waals surface area contributed by atoms with E-state index in [0.717, 1.165) is 5.56 Å². The number of amides is 2. The standard InChI is InChI=1S/C18H17ClN2O3S/c19-14-6-8-15(9-7-14)20-17(22)16-11-25-12-21(16)18(23)24-10-13-4-2-1-3-5-13/h1-9,16H,10-12H2,(H,20,22)/t16-/m1/s1. The fraction of sp³-hybridized carbons (Fsp3) is 0.222. The predicted octanol–water partition coefficient (Wildman–Crippen LogP) is 3.99. The monoisotopic (exact) mass is 376 g/mol. The maximum Gasteiger partial charge on any atom is 0.411 e. The zero-order valence-electron chi connectivity index (χ0n) is 13.4. The normalized spacial score (nSPS) is 16.5. The van der Waals surface area contributed by atoms with Gasteiger partial charge in [-0.1, -0.05) is 41.9 Å². The van der Waals surface area contributed by atoms with Crippen molar-refractivity contribution in [2.24, 2.45) is 0 Å². The highest BCUT2D eigenvalue weighted by atomic mass is 35.5. The molecule has 7 heteroatoms. The fourth-order valence-corrected chi connectivity index (χ4v) is 3.67. The highest BCUT2D eigenvalue weighted by molar-refractivity contribution is 7.99. The maximum absolute atomic E-state index is 12.5. The number of halogens is 1. The van der Waals surface area contributed by atoms with Crippen LogP contribution in [0.1, 0.15) is 5.56 Å². The van der Waals surface area contributed by atoms with E-state index in [1.165, 1.54) is 16.7 Å². The lowest BCUT2D eigenvalue weighted by Crippen LogP contribution is -2.44. The molecule has 1 atom stereocenters. The summed E-state index contributed by atoms with van der Waals surface area (Å²) in [5.41, 5.74) is 1.55. The molecule has 1 aliphatic rings. The van der Waals surface area contributed by atoms with Crippen LogP contribution in [0, 0.1) is 0 Å². The smallest absolute Gasteiger partial charge is 0.411 e. The third kappa shape index (κ3) is 4.67. The first-order valence-electron chi connectivity index (χ1n) is 7.75. The van der Waals surface area contributed by atoms with Gasteiger partial charge in [-0.05, 0) is 29.8 Å². The SMILES string of the molecule is O=C(Nc1ccc(Cl)cc1)[C@H]1CSCN1C(=O)OCc1ccccc1. The molecule has 3 rings (SSSR count). The molecule has 2 aromatic carbocycles. The molecule has 130 valence electrons. The number of hydrogen-bond donors (Lipinski definition) is 1. The van der Waals surface area contributed by atoms with E-state index in [4.69, 9.17) is 16.3 Å². The van der Waals surface area contributed by atoms with Gasteiger partial charge in [0.05, 0.1) is 5.88 Å². The van der Waals surface area contributed by atoms with E-state index < -0.39 is 12.1 Å². The summed E-state index contributed by atoms with van der Waals surface area (Å²) < 4.78 is 5.33.